The minimum absolute atomic E-state index is 0.116. The molecular weight excluding hydrogens is 368 g/mol. The molecule has 1 amide bonds. The molecule has 0 aromatic heterocycles. The van der Waals surface area contributed by atoms with Crippen molar-refractivity contribution in [2.75, 3.05) is 18.4 Å². The number of methoxy groups -OCH3 is 1. The topological polar surface area (TPSA) is 102 Å². The van der Waals surface area contributed by atoms with Crippen molar-refractivity contribution in [3.05, 3.63) is 71.8 Å². The summed E-state index contributed by atoms with van der Waals surface area (Å²) in [6.45, 7) is 5.45. The molecule has 142 valence electrons. The monoisotopic (exact) mass is 388 g/mol. The maximum Gasteiger partial charge on any atom is 0.338 e. The lowest BCUT2D eigenvalue weighted by atomic mass is 10.1. The van der Waals surface area contributed by atoms with Crippen LogP contribution >= 0.6 is 0 Å². The molecule has 0 aliphatic heterocycles. The summed E-state index contributed by atoms with van der Waals surface area (Å²) in [6, 6.07) is 10.4. The molecule has 0 bridgehead atoms. The van der Waals surface area contributed by atoms with Gasteiger partial charge in [-0.25, -0.2) is 13.2 Å². The molecule has 2 rings (SSSR count). The lowest BCUT2D eigenvalue weighted by molar-refractivity contribution is 0.0599. The average molecular weight is 388 g/mol. The molecule has 2 N–H and O–H groups in total. The summed E-state index contributed by atoms with van der Waals surface area (Å²) in [7, 11) is -2.81. The van der Waals surface area contributed by atoms with Gasteiger partial charge in [0.1, 0.15) is 0 Å². The van der Waals surface area contributed by atoms with Crippen LogP contribution < -0.4 is 10.0 Å². The van der Waals surface area contributed by atoms with E-state index in [9.17, 15) is 18.0 Å². The number of anilines is 1. The van der Waals surface area contributed by atoms with E-state index < -0.39 is 21.9 Å². The van der Waals surface area contributed by atoms with Crippen molar-refractivity contribution < 1.29 is 22.7 Å². The third kappa shape index (κ3) is 4.73. The first kappa shape index (κ1) is 20.2. The summed E-state index contributed by atoms with van der Waals surface area (Å²) in [6.07, 6.45) is 1.52. The summed E-state index contributed by atoms with van der Waals surface area (Å²) in [5.74, 6) is -1.07. The first-order valence-corrected chi connectivity index (χ1v) is 9.48. The van der Waals surface area contributed by atoms with Crippen molar-refractivity contribution in [1.82, 2.24) is 5.32 Å². The summed E-state index contributed by atoms with van der Waals surface area (Å²) >= 11 is 0. The van der Waals surface area contributed by atoms with Gasteiger partial charge in [-0.05, 0) is 36.8 Å². The number of benzene rings is 2. The minimum Gasteiger partial charge on any atom is -0.465 e. The van der Waals surface area contributed by atoms with Gasteiger partial charge in [0.05, 0.1) is 28.8 Å². The normalized spacial score (nSPS) is 10.7. The number of aryl methyl sites for hydroxylation is 1. The Morgan fingerprint density at radius 1 is 1.15 bits per heavy atom. The van der Waals surface area contributed by atoms with Crippen molar-refractivity contribution in [2.45, 2.75) is 11.8 Å². The summed E-state index contributed by atoms with van der Waals surface area (Å²) < 4.78 is 32.6. The number of carbonyl (C=O) groups excluding carboxylic acids is 2. The minimum atomic E-state index is -4.03. The third-order valence-corrected chi connectivity index (χ3v) is 5.11. The van der Waals surface area contributed by atoms with E-state index in [0.717, 1.165) is 0 Å². The highest BCUT2D eigenvalue weighted by Crippen LogP contribution is 2.22. The second kappa shape index (κ2) is 8.50. The zero-order valence-electron chi connectivity index (χ0n) is 15.0. The zero-order valence-corrected chi connectivity index (χ0v) is 15.8. The van der Waals surface area contributed by atoms with Gasteiger partial charge in [0.2, 0.25) is 0 Å². The van der Waals surface area contributed by atoms with Crippen molar-refractivity contribution in [3.8, 4) is 0 Å². The molecule has 0 saturated carbocycles. The molecule has 8 heteroatoms. The summed E-state index contributed by atoms with van der Waals surface area (Å²) in [5, 5.41) is 2.60. The molecule has 0 spiro atoms. The van der Waals surface area contributed by atoms with Crippen LogP contribution in [0.15, 0.2) is 60.0 Å². The highest BCUT2D eigenvalue weighted by Gasteiger charge is 2.21. The van der Waals surface area contributed by atoms with Gasteiger partial charge >= 0.3 is 5.97 Å². The number of ether oxygens (including phenoxy) is 1. The number of sulfonamides is 1. The van der Waals surface area contributed by atoms with E-state index in [1.807, 2.05) is 0 Å². The first-order chi connectivity index (χ1) is 12.8. The molecule has 0 aliphatic carbocycles. The Hall–Kier alpha value is -3.13. The molecule has 0 atom stereocenters. The number of rotatable bonds is 7. The fourth-order valence-electron chi connectivity index (χ4n) is 2.33. The van der Waals surface area contributed by atoms with Crippen LogP contribution in [-0.2, 0) is 14.8 Å². The predicted octanol–water partition coefficient (Wildman–Crippen LogP) is 2.50. The van der Waals surface area contributed by atoms with Gasteiger partial charge in [0, 0.05) is 6.54 Å². The van der Waals surface area contributed by atoms with Crippen LogP contribution in [0.5, 0.6) is 0 Å². The van der Waals surface area contributed by atoms with E-state index >= 15 is 0 Å². The smallest absolute Gasteiger partial charge is 0.338 e. The van der Waals surface area contributed by atoms with E-state index in [0.29, 0.717) is 5.56 Å². The first-order valence-electron chi connectivity index (χ1n) is 8.00. The molecule has 0 saturated heterocycles. The zero-order chi connectivity index (χ0) is 20.0. The van der Waals surface area contributed by atoms with Gasteiger partial charge in [0.25, 0.3) is 15.9 Å². The molecule has 0 heterocycles. The van der Waals surface area contributed by atoms with Crippen LogP contribution in [0.3, 0.4) is 0 Å². The van der Waals surface area contributed by atoms with E-state index in [1.165, 1.54) is 43.5 Å². The summed E-state index contributed by atoms with van der Waals surface area (Å²) in [4.78, 5) is 23.9. The fourth-order valence-corrected chi connectivity index (χ4v) is 3.44. The average Bonchev–Trinajstić information content (AvgIpc) is 2.65. The maximum atomic E-state index is 12.8. The molecule has 7 nitrogen and oxygen atoms in total. The third-order valence-electron chi connectivity index (χ3n) is 3.75. The van der Waals surface area contributed by atoms with E-state index in [1.54, 1.807) is 19.1 Å². The summed E-state index contributed by atoms with van der Waals surface area (Å²) in [5.41, 5.74) is 1.03. The van der Waals surface area contributed by atoms with Crippen LogP contribution in [0, 0.1) is 6.92 Å². The van der Waals surface area contributed by atoms with Gasteiger partial charge < -0.3 is 10.1 Å². The van der Waals surface area contributed by atoms with Crippen molar-refractivity contribution in [1.29, 1.82) is 0 Å². The van der Waals surface area contributed by atoms with Gasteiger partial charge in [-0.2, -0.15) is 0 Å². The second-order valence-corrected chi connectivity index (χ2v) is 7.30. The van der Waals surface area contributed by atoms with E-state index in [-0.39, 0.29) is 28.3 Å². The number of carbonyl (C=O) groups is 2. The van der Waals surface area contributed by atoms with Gasteiger partial charge in [-0.15, -0.1) is 6.58 Å². The quantitative estimate of drug-likeness (QED) is 0.561. The number of nitrogens with one attached hydrogen (secondary N) is 2. The van der Waals surface area contributed by atoms with Crippen LogP contribution in [0.4, 0.5) is 5.69 Å². The Bertz CT molecular complexity index is 983. The van der Waals surface area contributed by atoms with E-state index in [2.05, 4.69) is 21.4 Å². The lowest BCUT2D eigenvalue weighted by Crippen LogP contribution is -2.25. The van der Waals surface area contributed by atoms with Crippen LogP contribution in [0.2, 0.25) is 0 Å². The number of amides is 1. The molecule has 2 aromatic rings. The molecule has 0 unspecified atom stereocenters. The van der Waals surface area contributed by atoms with Crippen LogP contribution in [-0.4, -0.2) is 33.9 Å². The highest BCUT2D eigenvalue weighted by atomic mass is 32.2. The number of hydrogen-bond acceptors (Lipinski definition) is 5. The molecule has 2 aromatic carbocycles. The Balaban J connectivity index is 2.39. The molecule has 0 radical (unpaired) electrons. The van der Waals surface area contributed by atoms with E-state index in [4.69, 9.17) is 0 Å². The van der Waals surface area contributed by atoms with Crippen molar-refractivity contribution in [3.63, 3.8) is 0 Å². The Morgan fingerprint density at radius 2 is 1.85 bits per heavy atom. The predicted molar refractivity (Wildman–Crippen MR) is 102 cm³/mol. The second-order valence-electron chi connectivity index (χ2n) is 5.62. The Labute approximate surface area is 158 Å². The number of para-hydroxylation sites is 1. The molecule has 0 fully saturated rings. The highest BCUT2D eigenvalue weighted by molar-refractivity contribution is 7.92. The lowest BCUT2D eigenvalue weighted by Gasteiger charge is -2.13. The number of esters is 1. The van der Waals surface area contributed by atoms with Crippen LogP contribution in [0.1, 0.15) is 26.3 Å². The van der Waals surface area contributed by atoms with Crippen molar-refractivity contribution in [2.24, 2.45) is 0 Å². The Kier molecular flexibility index (Phi) is 6.36. The SMILES string of the molecule is C=CCNC(=O)c1ccccc1NS(=O)(=O)c1ccc(C)c(C(=O)OC)c1. The molecule has 27 heavy (non-hydrogen) atoms. The molecular formula is C19H20N2O5S. The Morgan fingerprint density at radius 3 is 2.52 bits per heavy atom. The fraction of sp³-hybridized carbons (Fsp3) is 0.158. The van der Waals surface area contributed by atoms with Gasteiger partial charge in [0.15, 0.2) is 0 Å². The van der Waals surface area contributed by atoms with Crippen LogP contribution in [0.25, 0.3) is 0 Å². The number of hydrogen-bond donors (Lipinski definition) is 2. The maximum absolute atomic E-state index is 12.8. The van der Waals surface area contributed by atoms with Gasteiger partial charge in [-0.1, -0.05) is 24.3 Å². The molecule has 0 aliphatic rings. The van der Waals surface area contributed by atoms with Crippen molar-refractivity contribution >= 4 is 27.6 Å². The standard InChI is InChI=1S/C19H20N2O5S/c1-4-11-20-18(22)15-7-5-6-8-17(15)21-27(24,25)14-10-9-13(2)16(12-14)19(23)26-3/h4-10,12,21H,1,11H2,2-3H3,(H,20,22). The largest absolute Gasteiger partial charge is 0.465 e. The van der Waals surface area contributed by atoms with Gasteiger partial charge in [-0.3, -0.25) is 9.52 Å².